The van der Waals surface area contributed by atoms with Gasteiger partial charge >= 0.3 is 5.97 Å². The molecule has 0 aliphatic carbocycles. The summed E-state index contributed by atoms with van der Waals surface area (Å²) in [6.45, 7) is 0. The van der Waals surface area contributed by atoms with Crippen LogP contribution in [0.5, 0.6) is 0 Å². The fraction of sp³-hybridized carbons (Fsp3) is 0.0556. The maximum Gasteiger partial charge on any atom is 0.350 e. The number of ether oxygens (including phenoxy) is 1. The number of nitrogens with one attached hydrogen (secondary N) is 1. The average molecular weight is 373 g/mol. The van der Waals surface area contributed by atoms with Crippen molar-refractivity contribution in [1.29, 1.82) is 0 Å². The summed E-state index contributed by atoms with van der Waals surface area (Å²) in [5, 5.41) is 1.63. The summed E-state index contributed by atoms with van der Waals surface area (Å²) >= 11 is 1.12. The Bertz CT molecular complexity index is 995. The van der Waals surface area contributed by atoms with E-state index in [1.807, 2.05) is 36.4 Å². The van der Waals surface area contributed by atoms with Gasteiger partial charge in [-0.1, -0.05) is 42.5 Å². The molecule has 1 heterocycles. The van der Waals surface area contributed by atoms with E-state index >= 15 is 0 Å². The minimum Gasteiger partial charge on any atom is -0.465 e. The molecule has 5 nitrogen and oxygen atoms in total. The van der Waals surface area contributed by atoms with Crippen LogP contribution < -0.4 is 4.72 Å². The Morgan fingerprint density at radius 1 is 1.00 bits per heavy atom. The normalized spacial score (nSPS) is 11.1. The van der Waals surface area contributed by atoms with Gasteiger partial charge in [0.2, 0.25) is 0 Å². The first-order valence-electron chi connectivity index (χ1n) is 7.35. The van der Waals surface area contributed by atoms with Crippen molar-refractivity contribution in [2.45, 2.75) is 4.90 Å². The van der Waals surface area contributed by atoms with Gasteiger partial charge in [0.15, 0.2) is 0 Å². The van der Waals surface area contributed by atoms with E-state index in [2.05, 4.69) is 9.46 Å². The summed E-state index contributed by atoms with van der Waals surface area (Å²) in [7, 11) is -2.58. The molecule has 0 radical (unpaired) electrons. The summed E-state index contributed by atoms with van der Waals surface area (Å²) in [6.07, 6.45) is 0. The number of hydrogen-bond acceptors (Lipinski definition) is 5. The SMILES string of the molecule is COC(=O)c1sccc1NS(=O)(=O)c1cccc(-c2ccccc2)c1. The zero-order valence-electron chi connectivity index (χ0n) is 13.3. The summed E-state index contributed by atoms with van der Waals surface area (Å²) < 4.78 is 32.5. The van der Waals surface area contributed by atoms with E-state index in [9.17, 15) is 13.2 Å². The fourth-order valence-corrected chi connectivity index (χ4v) is 4.27. The summed E-state index contributed by atoms with van der Waals surface area (Å²) in [5.41, 5.74) is 1.93. The molecule has 3 aromatic rings. The zero-order valence-corrected chi connectivity index (χ0v) is 14.9. The van der Waals surface area contributed by atoms with E-state index in [1.54, 1.807) is 17.5 Å². The predicted octanol–water partition coefficient (Wildman–Crippen LogP) is 4.00. The number of rotatable bonds is 5. The topological polar surface area (TPSA) is 72.5 Å². The van der Waals surface area contributed by atoms with Crippen molar-refractivity contribution in [2.24, 2.45) is 0 Å². The minimum atomic E-state index is -3.83. The van der Waals surface area contributed by atoms with Crippen molar-refractivity contribution in [1.82, 2.24) is 0 Å². The van der Waals surface area contributed by atoms with Gasteiger partial charge < -0.3 is 4.74 Å². The average Bonchev–Trinajstić information content (AvgIpc) is 3.09. The van der Waals surface area contributed by atoms with Crippen LogP contribution in [-0.4, -0.2) is 21.5 Å². The third kappa shape index (κ3) is 3.72. The monoisotopic (exact) mass is 373 g/mol. The van der Waals surface area contributed by atoms with E-state index in [0.29, 0.717) is 0 Å². The number of hydrogen-bond donors (Lipinski definition) is 1. The molecule has 2 aromatic carbocycles. The third-order valence-corrected chi connectivity index (χ3v) is 5.79. The molecule has 0 unspecified atom stereocenters. The number of carbonyl (C=O) groups is 1. The van der Waals surface area contributed by atoms with Crippen LogP contribution in [0.1, 0.15) is 9.67 Å². The van der Waals surface area contributed by atoms with Crippen molar-refractivity contribution in [3.8, 4) is 11.1 Å². The van der Waals surface area contributed by atoms with Gasteiger partial charge in [-0.2, -0.15) is 0 Å². The fourth-order valence-electron chi connectivity index (χ4n) is 2.32. The molecular weight excluding hydrogens is 358 g/mol. The molecule has 0 fully saturated rings. The van der Waals surface area contributed by atoms with Gasteiger partial charge in [-0.05, 0) is 34.7 Å². The van der Waals surface area contributed by atoms with Gasteiger partial charge in [0.1, 0.15) is 4.88 Å². The molecule has 0 saturated carbocycles. The number of carbonyl (C=O) groups excluding carboxylic acids is 1. The second-order valence-electron chi connectivity index (χ2n) is 5.15. The Kier molecular flexibility index (Phi) is 4.87. The number of anilines is 1. The molecule has 0 bridgehead atoms. The molecule has 128 valence electrons. The minimum absolute atomic E-state index is 0.121. The van der Waals surface area contributed by atoms with E-state index in [0.717, 1.165) is 22.5 Å². The lowest BCUT2D eigenvalue weighted by molar-refractivity contribution is 0.0607. The highest BCUT2D eigenvalue weighted by Crippen LogP contribution is 2.27. The van der Waals surface area contributed by atoms with Crippen molar-refractivity contribution < 1.29 is 17.9 Å². The number of esters is 1. The molecule has 1 aromatic heterocycles. The van der Waals surface area contributed by atoms with Crippen LogP contribution >= 0.6 is 11.3 Å². The second kappa shape index (κ2) is 7.08. The van der Waals surface area contributed by atoms with Gasteiger partial charge in [-0.25, -0.2) is 13.2 Å². The summed E-state index contributed by atoms with van der Waals surface area (Å²) in [6, 6.07) is 17.7. The quantitative estimate of drug-likeness (QED) is 0.686. The first-order chi connectivity index (χ1) is 12.0. The molecule has 1 N–H and O–H groups in total. The maximum atomic E-state index is 12.7. The van der Waals surface area contributed by atoms with Gasteiger partial charge in [-0.3, -0.25) is 4.72 Å². The molecule has 3 rings (SSSR count). The standard InChI is InChI=1S/C18H15NO4S2/c1-23-18(20)17-16(10-11-24-17)19-25(21,22)15-9-5-8-14(12-15)13-6-3-2-4-7-13/h2-12,19H,1H3. The molecule has 7 heteroatoms. The van der Waals surface area contributed by atoms with E-state index in [4.69, 9.17) is 0 Å². The van der Waals surface area contributed by atoms with Crippen LogP contribution in [-0.2, 0) is 14.8 Å². The van der Waals surface area contributed by atoms with Gasteiger partial charge in [0, 0.05) is 0 Å². The Hall–Kier alpha value is -2.64. The van der Waals surface area contributed by atoms with Crippen molar-refractivity contribution in [3.63, 3.8) is 0 Å². The molecule has 0 saturated heterocycles. The van der Waals surface area contributed by atoms with Crippen LogP contribution in [0.4, 0.5) is 5.69 Å². The van der Waals surface area contributed by atoms with E-state index < -0.39 is 16.0 Å². The number of benzene rings is 2. The number of thiophene rings is 1. The first-order valence-corrected chi connectivity index (χ1v) is 9.71. The van der Waals surface area contributed by atoms with Crippen LogP contribution in [0.3, 0.4) is 0 Å². The first kappa shape index (κ1) is 17.2. The highest BCUT2D eigenvalue weighted by atomic mass is 32.2. The number of methoxy groups -OCH3 is 1. The lowest BCUT2D eigenvalue weighted by atomic mass is 10.1. The zero-order chi connectivity index (χ0) is 17.9. The Balaban J connectivity index is 1.94. The number of sulfonamides is 1. The summed E-state index contributed by atoms with van der Waals surface area (Å²) in [4.78, 5) is 12.0. The Morgan fingerprint density at radius 3 is 2.44 bits per heavy atom. The smallest absolute Gasteiger partial charge is 0.350 e. The highest BCUT2D eigenvalue weighted by molar-refractivity contribution is 7.92. The largest absolute Gasteiger partial charge is 0.465 e. The van der Waals surface area contributed by atoms with Crippen LogP contribution in [0.15, 0.2) is 70.9 Å². The maximum absolute atomic E-state index is 12.7. The van der Waals surface area contributed by atoms with Crippen LogP contribution in [0.2, 0.25) is 0 Å². The van der Waals surface area contributed by atoms with Crippen LogP contribution in [0.25, 0.3) is 11.1 Å². The predicted molar refractivity (Wildman–Crippen MR) is 98.3 cm³/mol. The molecule has 0 aliphatic heterocycles. The van der Waals surface area contributed by atoms with Gasteiger partial charge in [0.25, 0.3) is 10.0 Å². The van der Waals surface area contributed by atoms with E-state index in [1.165, 1.54) is 19.2 Å². The molecule has 0 spiro atoms. The molecular formula is C18H15NO4S2. The Labute approximate surface area is 150 Å². The second-order valence-corrected chi connectivity index (χ2v) is 7.75. The lowest BCUT2D eigenvalue weighted by Gasteiger charge is -2.10. The molecule has 0 aliphatic rings. The van der Waals surface area contributed by atoms with Crippen molar-refractivity contribution in [2.75, 3.05) is 11.8 Å². The molecule has 25 heavy (non-hydrogen) atoms. The van der Waals surface area contributed by atoms with Gasteiger partial charge in [0.05, 0.1) is 17.7 Å². The highest BCUT2D eigenvalue weighted by Gasteiger charge is 2.20. The molecule has 0 atom stereocenters. The van der Waals surface area contributed by atoms with Crippen molar-refractivity contribution in [3.05, 3.63) is 70.9 Å². The summed E-state index contributed by atoms with van der Waals surface area (Å²) in [5.74, 6) is -0.578. The van der Waals surface area contributed by atoms with E-state index in [-0.39, 0.29) is 15.5 Å². The van der Waals surface area contributed by atoms with Crippen molar-refractivity contribution >= 4 is 33.0 Å². The molecule has 0 amide bonds. The third-order valence-electron chi connectivity index (χ3n) is 3.53. The Morgan fingerprint density at radius 2 is 1.72 bits per heavy atom. The van der Waals surface area contributed by atoms with Crippen LogP contribution in [0, 0.1) is 0 Å². The van der Waals surface area contributed by atoms with Gasteiger partial charge in [-0.15, -0.1) is 11.3 Å². The lowest BCUT2D eigenvalue weighted by Crippen LogP contribution is -2.14.